The van der Waals surface area contributed by atoms with Crippen molar-refractivity contribution in [3.05, 3.63) is 0 Å². The second-order valence-electron chi connectivity index (χ2n) is 8.39. The molecule has 0 aliphatic carbocycles. The number of nitrogens with zero attached hydrogens (tertiary/aromatic N) is 1. The molecule has 3 saturated heterocycles. The van der Waals surface area contributed by atoms with E-state index < -0.39 is 35.6 Å². The Bertz CT molecular complexity index is 659. The summed E-state index contributed by atoms with van der Waals surface area (Å²) in [5, 5.41) is 11.9. The maximum atomic E-state index is 13.5. The summed E-state index contributed by atoms with van der Waals surface area (Å²) in [6, 6.07) is -0.857. The summed E-state index contributed by atoms with van der Waals surface area (Å²) < 4.78 is 11.6. The molecule has 2 N–H and O–H groups in total. The molecule has 8 nitrogen and oxygen atoms in total. The largest absolute Gasteiger partial charge is 0.466 e. The highest BCUT2D eigenvalue weighted by Gasteiger charge is 2.76. The lowest BCUT2D eigenvalue weighted by atomic mass is 9.70. The summed E-state index contributed by atoms with van der Waals surface area (Å²) >= 11 is 3.60. The van der Waals surface area contributed by atoms with Crippen molar-refractivity contribution in [3.63, 3.8) is 0 Å². The number of likely N-dealkylation sites (tertiary alicyclic amines) is 1. The van der Waals surface area contributed by atoms with Crippen molar-refractivity contribution in [1.82, 2.24) is 10.2 Å². The van der Waals surface area contributed by atoms with Crippen molar-refractivity contribution < 1.29 is 29.0 Å². The molecule has 3 rings (SSSR count). The highest BCUT2D eigenvalue weighted by Crippen LogP contribution is 2.60. The van der Waals surface area contributed by atoms with Crippen LogP contribution in [0.3, 0.4) is 0 Å². The minimum atomic E-state index is -1.02. The molecule has 1 unspecified atom stereocenters. The lowest BCUT2D eigenvalue weighted by molar-refractivity contribution is -0.154. The maximum absolute atomic E-state index is 13.5. The molecule has 0 radical (unpaired) electrons. The van der Waals surface area contributed by atoms with E-state index in [2.05, 4.69) is 21.2 Å². The number of alkyl halides is 1. The molecule has 164 valence electrons. The highest BCUT2D eigenvalue weighted by atomic mass is 79.9. The van der Waals surface area contributed by atoms with E-state index in [1.165, 1.54) is 0 Å². The van der Waals surface area contributed by atoms with Crippen LogP contribution >= 0.6 is 15.9 Å². The zero-order chi connectivity index (χ0) is 21.3. The first kappa shape index (κ1) is 22.5. The predicted molar refractivity (Wildman–Crippen MR) is 108 cm³/mol. The first-order valence-electron chi connectivity index (χ1n) is 10.5. The number of aliphatic hydroxyl groups excluding tert-OH is 1. The Morgan fingerprint density at radius 3 is 2.72 bits per heavy atom. The van der Waals surface area contributed by atoms with Gasteiger partial charge in [0.2, 0.25) is 11.8 Å². The second kappa shape index (κ2) is 8.89. The number of hydrogen-bond donors (Lipinski definition) is 2. The topological polar surface area (TPSA) is 105 Å². The van der Waals surface area contributed by atoms with Crippen LogP contribution in [0.2, 0.25) is 0 Å². The van der Waals surface area contributed by atoms with Gasteiger partial charge in [0.15, 0.2) is 0 Å². The number of halogens is 1. The molecule has 0 saturated carbocycles. The minimum absolute atomic E-state index is 0.0801. The summed E-state index contributed by atoms with van der Waals surface area (Å²) in [6.45, 7) is 6.19. The van der Waals surface area contributed by atoms with Crippen LogP contribution in [0.5, 0.6) is 0 Å². The van der Waals surface area contributed by atoms with Crippen LogP contribution < -0.4 is 5.32 Å². The van der Waals surface area contributed by atoms with E-state index in [1.807, 2.05) is 13.8 Å². The van der Waals surface area contributed by atoms with E-state index in [1.54, 1.807) is 11.8 Å². The van der Waals surface area contributed by atoms with Crippen molar-refractivity contribution in [2.45, 2.75) is 75.1 Å². The Labute approximate surface area is 179 Å². The average Bonchev–Trinajstić information content (AvgIpc) is 3.22. The number of carbonyl (C=O) groups excluding carboxylic acids is 3. The van der Waals surface area contributed by atoms with E-state index in [4.69, 9.17) is 14.6 Å². The van der Waals surface area contributed by atoms with Crippen LogP contribution in [0.1, 0.15) is 46.5 Å². The van der Waals surface area contributed by atoms with Gasteiger partial charge in [0.05, 0.1) is 24.5 Å². The van der Waals surface area contributed by atoms with E-state index in [0.717, 1.165) is 6.42 Å². The van der Waals surface area contributed by atoms with Crippen LogP contribution in [-0.2, 0) is 23.9 Å². The molecule has 3 aliphatic heterocycles. The van der Waals surface area contributed by atoms with Gasteiger partial charge < -0.3 is 24.8 Å². The van der Waals surface area contributed by atoms with Gasteiger partial charge in [0.1, 0.15) is 11.6 Å². The number of fused-ring (bicyclic) bond motifs is 1. The molecule has 0 aromatic heterocycles. The zero-order valence-corrected chi connectivity index (χ0v) is 18.8. The van der Waals surface area contributed by atoms with Crippen LogP contribution in [-0.4, -0.2) is 76.2 Å². The third-order valence-electron chi connectivity index (χ3n) is 6.08. The molecule has 2 amide bonds. The van der Waals surface area contributed by atoms with E-state index in [9.17, 15) is 14.4 Å². The van der Waals surface area contributed by atoms with Gasteiger partial charge in [-0.05, 0) is 46.5 Å². The molecule has 29 heavy (non-hydrogen) atoms. The lowest BCUT2D eigenvalue weighted by Gasteiger charge is -2.34. The van der Waals surface area contributed by atoms with Gasteiger partial charge in [0, 0.05) is 24.0 Å². The summed E-state index contributed by atoms with van der Waals surface area (Å²) in [6.07, 6.45) is 2.09. The van der Waals surface area contributed by atoms with Gasteiger partial charge in [-0.15, -0.1) is 0 Å². The van der Waals surface area contributed by atoms with Crippen molar-refractivity contribution in [2.75, 3.05) is 19.8 Å². The smallest absolute Gasteiger partial charge is 0.312 e. The Morgan fingerprint density at radius 1 is 1.38 bits per heavy atom. The van der Waals surface area contributed by atoms with Crippen LogP contribution in [0.25, 0.3) is 0 Å². The summed E-state index contributed by atoms with van der Waals surface area (Å²) in [5.41, 5.74) is -1.02. The quantitative estimate of drug-likeness (QED) is 0.293. The number of rotatable bonds is 9. The van der Waals surface area contributed by atoms with Gasteiger partial charge in [-0.25, -0.2) is 0 Å². The van der Waals surface area contributed by atoms with Crippen molar-refractivity contribution in [1.29, 1.82) is 0 Å². The number of aliphatic hydroxyl groups is 1. The van der Waals surface area contributed by atoms with Crippen molar-refractivity contribution >= 4 is 33.7 Å². The number of ether oxygens (including phenoxy) is 2. The number of nitrogens with one attached hydrogen (secondary N) is 1. The first-order chi connectivity index (χ1) is 13.8. The number of amides is 2. The minimum Gasteiger partial charge on any atom is -0.466 e. The maximum Gasteiger partial charge on any atom is 0.312 e. The normalized spacial score (nSPS) is 35.3. The van der Waals surface area contributed by atoms with E-state index in [-0.39, 0.29) is 35.9 Å². The van der Waals surface area contributed by atoms with E-state index in [0.29, 0.717) is 25.8 Å². The molecule has 9 heteroatoms. The number of carbonyl (C=O) groups is 3. The number of unbranched alkanes of at least 4 members (excludes halogenated alkanes) is 2. The molecule has 0 aromatic rings. The summed E-state index contributed by atoms with van der Waals surface area (Å²) in [7, 11) is 0. The lowest BCUT2D eigenvalue weighted by Crippen LogP contribution is -2.56. The average molecular weight is 475 g/mol. The number of esters is 1. The molecule has 3 aliphatic rings. The van der Waals surface area contributed by atoms with E-state index >= 15 is 0 Å². The van der Waals surface area contributed by atoms with Gasteiger partial charge in [-0.2, -0.15) is 0 Å². The molecular weight excluding hydrogens is 444 g/mol. The third kappa shape index (κ3) is 3.81. The predicted octanol–water partition coefficient (Wildman–Crippen LogP) is 0.985. The van der Waals surface area contributed by atoms with Crippen molar-refractivity contribution in [2.24, 2.45) is 11.8 Å². The SMILES string of the molecule is CCOC(=O)[C@@H]1[C@H]2O[C@@]3(CC2Br)[C@H](C(=O)NC(C)C)N(CCCCCO)C(=O)[C@@H]13. The molecule has 2 bridgehead atoms. The van der Waals surface area contributed by atoms with Crippen molar-refractivity contribution in [3.8, 4) is 0 Å². The fourth-order valence-electron chi connectivity index (χ4n) is 5.11. The fraction of sp³-hybridized carbons (Fsp3) is 0.850. The number of hydrogen-bond acceptors (Lipinski definition) is 6. The molecular formula is C20H31BrN2O6. The van der Waals surface area contributed by atoms with Gasteiger partial charge in [-0.1, -0.05) is 15.9 Å². The zero-order valence-electron chi connectivity index (χ0n) is 17.2. The van der Waals surface area contributed by atoms with Gasteiger partial charge in [0.25, 0.3) is 0 Å². The monoisotopic (exact) mass is 474 g/mol. The van der Waals surface area contributed by atoms with Gasteiger partial charge in [-0.3, -0.25) is 14.4 Å². The molecule has 6 atom stereocenters. The summed E-state index contributed by atoms with van der Waals surface area (Å²) in [4.78, 5) is 40.8. The molecule has 3 heterocycles. The highest BCUT2D eigenvalue weighted by molar-refractivity contribution is 9.09. The fourth-order valence-corrected chi connectivity index (χ4v) is 6.06. The second-order valence-corrected chi connectivity index (χ2v) is 9.57. The standard InChI is InChI=1S/C20H31BrN2O6/c1-4-28-19(27)13-14-18(26)23(8-6-5-7-9-24)16(17(25)22-11(2)3)20(14)10-12(21)15(13)29-20/h11-16,24H,4-10H2,1-3H3,(H,22,25)/t12?,13-,14+,15-,16-,20+/m0/s1. The Balaban J connectivity index is 1.94. The van der Waals surface area contributed by atoms with Crippen LogP contribution in [0.15, 0.2) is 0 Å². The third-order valence-corrected chi connectivity index (χ3v) is 6.93. The Morgan fingerprint density at radius 2 is 2.10 bits per heavy atom. The Hall–Kier alpha value is -1.19. The van der Waals surface area contributed by atoms with Crippen LogP contribution in [0.4, 0.5) is 0 Å². The van der Waals surface area contributed by atoms with Gasteiger partial charge >= 0.3 is 5.97 Å². The molecule has 0 aromatic carbocycles. The van der Waals surface area contributed by atoms with Crippen LogP contribution in [0, 0.1) is 11.8 Å². The Kier molecular flexibility index (Phi) is 6.90. The molecule has 3 fully saturated rings. The first-order valence-corrected chi connectivity index (χ1v) is 11.4. The summed E-state index contributed by atoms with van der Waals surface area (Å²) in [5.74, 6) is -2.31. The molecule has 1 spiro atoms.